The van der Waals surface area contributed by atoms with E-state index >= 15 is 0 Å². The number of hydrogen-bond donors (Lipinski definition) is 2. The first kappa shape index (κ1) is 13.2. The van der Waals surface area contributed by atoms with Crippen LogP contribution in [0.25, 0.3) is 0 Å². The van der Waals surface area contributed by atoms with E-state index in [1.54, 1.807) is 6.20 Å². The molecule has 0 aromatic carbocycles. The maximum absolute atomic E-state index is 12.8. The number of hydrogen-bond acceptors (Lipinski definition) is 3. The second-order valence-electron chi connectivity index (χ2n) is 4.25. The summed E-state index contributed by atoms with van der Waals surface area (Å²) in [5, 5.41) is 9.54. The molecule has 0 saturated carbocycles. The fraction of sp³-hybridized carbons (Fsp3) is 0.308. The second-order valence-corrected chi connectivity index (χ2v) is 4.25. The Bertz CT molecular complexity index is 567. The van der Waals surface area contributed by atoms with Crippen LogP contribution >= 0.6 is 0 Å². The Morgan fingerprint density at radius 1 is 1.53 bits per heavy atom. The molecule has 2 heterocycles. The molecule has 0 aliphatic rings. The molecule has 0 radical (unpaired) electrons. The molecule has 0 saturated heterocycles. The fourth-order valence-electron chi connectivity index (χ4n) is 1.75. The molecule has 0 atom stereocenters. The summed E-state index contributed by atoms with van der Waals surface area (Å²) in [5.41, 5.74) is 2.47. The van der Waals surface area contributed by atoms with E-state index in [0.29, 0.717) is 6.54 Å². The third-order valence-electron chi connectivity index (χ3n) is 2.83. The lowest BCUT2D eigenvalue weighted by Gasteiger charge is -2.04. The smallest absolute Gasteiger partial charge is 0.251 e. The van der Waals surface area contributed by atoms with Gasteiger partial charge in [0.15, 0.2) is 0 Å². The predicted octanol–water partition coefficient (Wildman–Crippen LogP) is 1.61. The summed E-state index contributed by atoms with van der Waals surface area (Å²) in [6.45, 7) is 2.49. The molecule has 2 aromatic heterocycles. The molecule has 0 fully saturated rings. The zero-order chi connectivity index (χ0) is 13.7. The summed E-state index contributed by atoms with van der Waals surface area (Å²) < 4.78 is 12.8. The highest BCUT2D eigenvalue weighted by atomic mass is 19.1. The molecular weight excluding hydrogens is 247 g/mol. The molecule has 2 N–H and O–H groups in total. The summed E-state index contributed by atoms with van der Waals surface area (Å²) in [7, 11) is 0. The summed E-state index contributed by atoms with van der Waals surface area (Å²) in [6, 6.07) is 2.61. The molecule has 6 heteroatoms. The van der Waals surface area contributed by atoms with Gasteiger partial charge in [0.1, 0.15) is 0 Å². The molecule has 0 bridgehead atoms. The number of aryl methyl sites for hydroxylation is 2. The zero-order valence-electron chi connectivity index (χ0n) is 10.6. The number of H-pyrrole nitrogens is 1. The van der Waals surface area contributed by atoms with Crippen LogP contribution in [0, 0.1) is 12.9 Å². The van der Waals surface area contributed by atoms with Gasteiger partial charge >= 0.3 is 0 Å². The number of nitrogens with zero attached hydrogens (tertiary/aromatic N) is 2. The third-order valence-corrected chi connectivity index (χ3v) is 2.83. The minimum absolute atomic E-state index is 0.284. The normalized spacial score (nSPS) is 10.4. The maximum atomic E-state index is 12.8. The first-order chi connectivity index (χ1) is 9.16. The number of pyridine rings is 1. The van der Waals surface area contributed by atoms with Crippen molar-refractivity contribution >= 4 is 5.91 Å². The second kappa shape index (κ2) is 6.08. The van der Waals surface area contributed by atoms with E-state index < -0.39 is 5.95 Å². The first-order valence-electron chi connectivity index (χ1n) is 6.05. The highest BCUT2D eigenvalue weighted by molar-refractivity contribution is 5.93. The number of amides is 1. The van der Waals surface area contributed by atoms with Crippen LogP contribution in [0.2, 0.25) is 0 Å². The Hall–Kier alpha value is -2.24. The number of carbonyl (C=O) groups excluding carboxylic acids is 1. The maximum Gasteiger partial charge on any atom is 0.251 e. The Labute approximate surface area is 110 Å². The van der Waals surface area contributed by atoms with Gasteiger partial charge in [-0.15, -0.1) is 0 Å². The van der Waals surface area contributed by atoms with E-state index in [1.807, 2.05) is 6.92 Å². The molecule has 0 aliphatic carbocycles. The van der Waals surface area contributed by atoms with Crippen LogP contribution in [0.3, 0.4) is 0 Å². The predicted molar refractivity (Wildman–Crippen MR) is 68.2 cm³/mol. The molecule has 1 amide bonds. The van der Waals surface area contributed by atoms with E-state index in [-0.39, 0.29) is 11.5 Å². The number of halogens is 1. The van der Waals surface area contributed by atoms with Crippen LogP contribution in [0.4, 0.5) is 4.39 Å². The Kier molecular flexibility index (Phi) is 4.22. The van der Waals surface area contributed by atoms with E-state index in [9.17, 15) is 9.18 Å². The number of nitrogens with one attached hydrogen (secondary N) is 2. The Balaban J connectivity index is 1.77. The molecule has 0 spiro atoms. The largest absolute Gasteiger partial charge is 0.352 e. The highest BCUT2D eigenvalue weighted by Gasteiger charge is 2.06. The molecule has 2 aromatic rings. The van der Waals surface area contributed by atoms with Crippen molar-refractivity contribution in [3.63, 3.8) is 0 Å². The van der Waals surface area contributed by atoms with Gasteiger partial charge in [-0.3, -0.25) is 9.89 Å². The minimum atomic E-state index is -0.651. The van der Waals surface area contributed by atoms with Crippen molar-refractivity contribution in [2.45, 2.75) is 19.8 Å². The van der Waals surface area contributed by atoms with E-state index in [1.165, 1.54) is 12.3 Å². The van der Waals surface area contributed by atoms with Gasteiger partial charge in [-0.2, -0.15) is 9.49 Å². The zero-order valence-corrected chi connectivity index (χ0v) is 10.6. The molecule has 100 valence electrons. The van der Waals surface area contributed by atoms with Gasteiger partial charge in [0.2, 0.25) is 5.95 Å². The lowest BCUT2D eigenvalue weighted by Crippen LogP contribution is -2.24. The topological polar surface area (TPSA) is 70.7 Å². The van der Waals surface area contributed by atoms with Crippen molar-refractivity contribution in [2.75, 3.05) is 6.54 Å². The number of rotatable bonds is 5. The summed E-state index contributed by atoms with van der Waals surface area (Å²) in [4.78, 5) is 15.1. The van der Waals surface area contributed by atoms with Gasteiger partial charge in [0.05, 0.1) is 6.20 Å². The quantitative estimate of drug-likeness (QED) is 0.635. The summed E-state index contributed by atoms with van der Waals surface area (Å²) >= 11 is 0. The van der Waals surface area contributed by atoms with Gasteiger partial charge < -0.3 is 5.32 Å². The van der Waals surface area contributed by atoms with Crippen LogP contribution in [0.5, 0.6) is 0 Å². The van der Waals surface area contributed by atoms with E-state index in [2.05, 4.69) is 20.5 Å². The van der Waals surface area contributed by atoms with Crippen LogP contribution in [-0.4, -0.2) is 27.6 Å². The molecule has 2 rings (SSSR count). The van der Waals surface area contributed by atoms with Crippen molar-refractivity contribution in [3.8, 4) is 0 Å². The summed E-state index contributed by atoms with van der Waals surface area (Å²) in [6.07, 6.45) is 4.71. The van der Waals surface area contributed by atoms with Gasteiger partial charge in [0.25, 0.3) is 5.91 Å². The monoisotopic (exact) mass is 262 g/mol. The minimum Gasteiger partial charge on any atom is -0.352 e. The van der Waals surface area contributed by atoms with E-state index in [4.69, 9.17) is 0 Å². The SMILES string of the molecule is Cc1[nH]ncc1CCCNC(=O)c1ccnc(F)c1. The molecule has 5 nitrogen and oxygen atoms in total. The average Bonchev–Trinajstić information content (AvgIpc) is 2.80. The van der Waals surface area contributed by atoms with Gasteiger partial charge in [-0.05, 0) is 31.4 Å². The van der Waals surface area contributed by atoms with Crippen LogP contribution < -0.4 is 5.32 Å². The van der Waals surface area contributed by atoms with Crippen molar-refractivity contribution in [1.82, 2.24) is 20.5 Å². The molecular formula is C13H15FN4O. The standard InChI is InChI=1S/C13H15FN4O/c1-9-11(8-17-18-9)3-2-5-16-13(19)10-4-6-15-12(14)7-10/h4,6-8H,2-3,5H2,1H3,(H,16,19)(H,17,18). The van der Waals surface area contributed by atoms with Gasteiger partial charge in [-0.25, -0.2) is 4.98 Å². The van der Waals surface area contributed by atoms with E-state index in [0.717, 1.165) is 30.2 Å². The average molecular weight is 262 g/mol. The van der Waals surface area contributed by atoms with Crippen molar-refractivity contribution < 1.29 is 9.18 Å². The Morgan fingerprint density at radius 3 is 3.05 bits per heavy atom. The van der Waals surface area contributed by atoms with Crippen molar-refractivity contribution in [1.29, 1.82) is 0 Å². The third kappa shape index (κ3) is 3.61. The van der Waals surface area contributed by atoms with Crippen LogP contribution in [-0.2, 0) is 6.42 Å². The first-order valence-corrected chi connectivity index (χ1v) is 6.05. The molecule has 0 aliphatic heterocycles. The van der Waals surface area contributed by atoms with Crippen molar-refractivity contribution in [2.24, 2.45) is 0 Å². The van der Waals surface area contributed by atoms with Gasteiger partial charge in [-0.1, -0.05) is 0 Å². The van der Waals surface area contributed by atoms with Crippen LogP contribution in [0.1, 0.15) is 28.0 Å². The number of aromatic amines is 1. The lowest BCUT2D eigenvalue weighted by atomic mass is 10.1. The van der Waals surface area contributed by atoms with Crippen LogP contribution in [0.15, 0.2) is 24.5 Å². The molecule has 19 heavy (non-hydrogen) atoms. The van der Waals surface area contributed by atoms with Gasteiger partial charge in [0, 0.05) is 30.1 Å². The molecule has 0 unspecified atom stereocenters. The number of aromatic nitrogens is 3. The Morgan fingerprint density at radius 2 is 2.37 bits per heavy atom. The highest BCUT2D eigenvalue weighted by Crippen LogP contribution is 2.05. The summed E-state index contributed by atoms with van der Waals surface area (Å²) in [5.74, 6) is -0.938. The van der Waals surface area contributed by atoms with Crippen molar-refractivity contribution in [3.05, 3.63) is 47.3 Å². The fourth-order valence-corrected chi connectivity index (χ4v) is 1.75. The number of carbonyl (C=O) groups is 1. The lowest BCUT2D eigenvalue weighted by molar-refractivity contribution is 0.0952.